The van der Waals surface area contributed by atoms with Gasteiger partial charge in [-0.25, -0.2) is 0 Å². The van der Waals surface area contributed by atoms with Crippen LogP contribution in [-0.4, -0.2) is 60.5 Å². The van der Waals surface area contributed by atoms with Crippen molar-refractivity contribution in [2.45, 2.75) is 66.0 Å². The van der Waals surface area contributed by atoms with Crippen LogP contribution in [0.3, 0.4) is 0 Å². The third kappa shape index (κ3) is 5.59. The highest BCUT2D eigenvalue weighted by atomic mass is 16.2. The van der Waals surface area contributed by atoms with E-state index in [2.05, 4.69) is 44.8 Å². The lowest BCUT2D eigenvalue weighted by atomic mass is 9.99. The number of rotatable bonds is 8. The molecule has 4 heteroatoms. The van der Waals surface area contributed by atoms with Gasteiger partial charge in [-0.3, -0.25) is 9.69 Å². The van der Waals surface area contributed by atoms with Crippen LogP contribution in [0.1, 0.15) is 53.9 Å². The maximum Gasteiger partial charge on any atom is 0.239 e. The van der Waals surface area contributed by atoms with Gasteiger partial charge < -0.3 is 10.2 Å². The van der Waals surface area contributed by atoms with Gasteiger partial charge >= 0.3 is 0 Å². The van der Waals surface area contributed by atoms with Gasteiger partial charge in [-0.05, 0) is 52.6 Å². The van der Waals surface area contributed by atoms with Crippen molar-refractivity contribution in [1.29, 1.82) is 0 Å². The molecular weight excluding hydrogens is 262 g/mol. The number of likely N-dealkylation sites (N-methyl/N-ethyl adjacent to an activating group) is 1. The molecule has 1 heterocycles. The molecule has 124 valence electrons. The van der Waals surface area contributed by atoms with Gasteiger partial charge in [0.2, 0.25) is 5.91 Å². The highest BCUT2D eigenvalue weighted by molar-refractivity contribution is 5.81. The van der Waals surface area contributed by atoms with E-state index in [-0.39, 0.29) is 11.9 Å². The average Bonchev–Trinajstić information content (AvgIpc) is 2.47. The number of hydrogen-bond acceptors (Lipinski definition) is 3. The van der Waals surface area contributed by atoms with Crippen LogP contribution in [0.25, 0.3) is 0 Å². The summed E-state index contributed by atoms with van der Waals surface area (Å²) in [5.41, 5.74) is 0. The first-order chi connectivity index (χ1) is 10.0. The van der Waals surface area contributed by atoms with Crippen LogP contribution < -0.4 is 5.32 Å². The lowest BCUT2D eigenvalue weighted by molar-refractivity contribution is -0.137. The fourth-order valence-electron chi connectivity index (χ4n) is 3.23. The molecule has 2 atom stereocenters. The summed E-state index contributed by atoms with van der Waals surface area (Å²) < 4.78 is 0. The summed E-state index contributed by atoms with van der Waals surface area (Å²) in [5.74, 6) is 0.965. The van der Waals surface area contributed by atoms with Crippen LogP contribution in [0.15, 0.2) is 0 Å². The molecule has 0 aromatic carbocycles. The largest absolute Gasteiger partial charge is 0.342 e. The molecule has 1 aliphatic heterocycles. The van der Waals surface area contributed by atoms with Crippen LogP contribution >= 0.6 is 0 Å². The lowest BCUT2D eigenvalue weighted by Gasteiger charge is -2.40. The summed E-state index contributed by atoms with van der Waals surface area (Å²) in [6.07, 6.45) is 3.72. The molecule has 0 aromatic rings. The molecule has 0 saturated carbocycles. The van der Waals surface area contributed by atoms with Crippen LogP contribution in [-0.2, 0) is 4.79 Å². The van der Waals surface area contributed by atoms with Gasteiger partial charge in [0, 0.05) is 25.7 Å². The third-order valence-electron chi connectivity index (χ3n) is 4.54. The van der Waals surface area contributed by atoms with Gasteiger partial charge in [0.05, 0.1) is 6.04 Å². The van der Waals surface area contributed by atoms with E-state index in [0.717, 1.165) is 32.7 Å². The number of likely N-dealkylation sites (tertiary alicyclic amines) is 1. The number of carbonyl (C=O) groups is 1. The Morgan fingerprint density at radius 1 is 1.24 bits per heavy atom. The standard InChI is InChI=1S/C17H35N3O/c1-6-19(7-2)17(21)15(5)20-11-9-8-10-16(20)13-18-12-14(3)4/h14-16,18H,6-13H2,1-5H3. The highest BCUT2D eigenvalue weighted by Gasteiger charge is 2.31. The Morgan fingerprint density at radius 2 is 1.90 bits per heavy atom. The number of amides is 1. The molecule has 0 aliphatic carbocycles. The van der Waals surface area contributed by atoms with Gasteiger partial charge in [-0.15, -0.1) is 0 Å². The predicted molar refractivity (Wildman–Crippen MR) is 89.4 cm³/mol. The zero-order valence-corrected chi connectivity index (χ0v) is 14.7. The van der Waals surface area contributed by atoms with Crippen molar-refractivity contribution >= 4 is 5.91 Å². The van der Waals surface area contributed by atoms with Crippen molar-refractivity contribution in [3.05, 3.63) is 0 Å². The molecule has 0 radical (unpaired) electrons. The molecule has 21 heavy (non-hydrogen) atoms. The van der Waals surface area contributed by atoms with E-state index >= 15 is 0 Å². The Hall–Kier alpha value is -0.610. The Kier molecular flexibility index (Phi) is 8.27. The molecule has 0 bridgehead atoms. The molecule has 1 saturated heterocycles. The molecular formula is C17H35N3O. The number of hydrogen-bond donors (Lipinski definition) is 1. The zero-order valence-electron chi connectivity index (χ0n) is 14.7. The second-order valence-corrected chi connectivity index (χ2v) is 6.63. The van der Waals surface area contributed by atoms with Crippen molar-refractivity contribution in [3.8, 4) is 0 Å². The third-order valence-corrected chi connectivity index (χ3v) is 4.54. The van der Waals surface area contributed by atoms with Crippen molar-refractivity contribution in [3.63, 3.8) is 0 Å². The maximum absolute atomic E-state index is 12.6. The minimum atomic E-state index is 0.0102. The monoisotopic (exact) mass is 297 g/mol. The molecule has 1 fully saturated rings. The second kappa shape index (κ2) is 9.42. The van der Waals surface area contributed by atoms with E-state index in [4.69, 9.17) is 0 Å². The smallest absolute Gasteiger partial charge is 0.239 e. The second-order valence-electron chi connectivity index (χ2n) is 6.63. The summed E-state index contributed by atoms with van der Waals surface area (Å²) in [6.45, 7) is 15.4. The lowest BCUT2D eigenvalue weighted by Crippen LogP contribution is -2.55. The number of nitrogens with zero attached hydrogens (tertiary/aromatic N) is 2. The first kappa shape index (κ1) is 18.4. The van der Waals surface area contributed by atoms with Crippen LogP contribution in [0.5, 0.6) is 0 Å². The average molecular weight is 297 g/mol. The quantitative estimate of drug-likeness (QED) is 0.747. The molecule has 1 rings (SSSR count). The van der Waals surface area contributed by atoms with Gasteiger partial charge in [0.25, 0.3) is 0 Å². The minimum Gasteiger partial charge on any atom is -0.342 e. The SMILES string of the molecule is CCN(CC)C(=O)C(C)N1CCCCC1CNCC(C)C. The fraction of sp³-hybridized carbons (Fsp3) is 0.941. The van der Waals surface area contributed by atoms with Crippen molar-refractivity contribution < 1.29 is 4.79 Å². The molecule has 2 unspecified atom stereocenters. The first-order valence-corrected chi connectivity index (χ1v) is 8.76. The van der Waals surface area contributed by atoms with E-state index in [1.807, 2.05) is 4.90 Å². The number of piperidine rings is 1. The van der Waals surface area contributed by atoms with Crippen LogP contribution in [0.2, 0.25) is 0 Å². The van der Waals surface area contributed by atoms with Gasteiger partial charge in [-0.2, -0.15) is 0 Å². The molecule has 1 aliphatic rings. The fourth-order valence-corrected chi connectivity index (χ4v) is 3.23. The maximum atomic E-state index is 12.6. The molecule has 1 amide bonds. The molecule has 0 aromatic heterocycles. The van der Waals surface area contributed by atoms with E-state index in [9.17, 15) is 4.79 Å². The van der Waals surface area contributed by atoms with Crippen molar-refractivity contribution in [1.82, 2.24) is 15.1 Å². The summed E-state index contributed by atoms with van der Waals surface area (Å²) in [5, 5.41) is 3.57. The number of carbonyl (C=O) groups excluding carboxylic acids is 1. The summed E-state index contributed by atoms with van der Waals surface area (Å²) in [7, 11) is 0. The molecule has 1 N–H and O–H groups in total. The van der Waals surface area contributed by atoms with E-state index < -0.39 is 0 Å². The van der Waals surface area contributed by atoms with Crippen LogP contribution in [0.4, 0.5) is 0 Å². The Morgan fingerprint density at radius 3 is 2.48 bits per heavy atom. The molecule has 0 spiro atoms. The van der Waals surface area contributed by atoms with Gasteiger partial charge in [0.1, 0.15) is 0 Å². The van der Waals surface area contributed by atoms with E-state index in [0.29, 0.717) is 12.0 Å². The van der Waals surface area contributed by atoms with Crippen molar-refractivity contribution in [2.75, 3.05) is 32.7 Å². The predicted octanol–water partition coefficient (Wildman–Crippen LogP) is 2.34. The highest BCUT2D eigenvalue weighted by Crippen LogP contribution is 2.20. The zero-order chi connectivity index (χ0) is 15.8. The minimum absolute atomic E-state index is 0.0102. The Labute approximate surface area is 131 Å². The summed E-state index contributed by atoms with van der Waals surface area (Å²) in [4.78, 5) is 17.0. The first-order valence-electron chi connectivity index (χ1n) is 8.76. The Bertz CT molecular complexity index is 302. The van der Waals surface area contributed by atoms with E-state index in [1.165, 1.54) is 19.3 Å². The van der Waals surface area contributed by atoms with Gasteiger partial charge in [-0.1, -0.05) is 20.3 Å². The van der Waals surface area contributed by atoms with Crippen molar-refractivity contribution in [2.24, 2.45) is 5.92 Å². The summed E-state index contributed by atoms with van der Waals surface area (Å²) >= 11 is 0. The molecule has 4 nitrogen and oxygen atoms in total. The van der Waals surface area contributed by atoms with Crippen LogP contribution in [0, 0.1) is 5.92 Å². The summed E-state index contributed by atoms with van der Waals surface area (Å²) in [6, 6.07) is 0.517. The normalized spacial score (nSPS) is 21.5. The van der Waals surface area contributed by atoms with Gasteiger partial charge in [0.15, 0.2) is 0 Å². The van der Waals surface area contributed by atoms with E-state index in [1.54, 1.807) is 0 Å². The number of nitrogens with one attached hydrogen (secondary N) is 1. The Balaban J connectivity index is 2.60. The topological polar surface area (TPSA) is 35.6 Å².